The van der Waals surface area contributed by atoms with Gasteiger partial charge in [0.1, 0.15) is 5.82 Å². The molecule has 0 atom stereocenters. The molecular formula is C12H9BrClN3O2. The molecule has 1 heterocycles. The minimum absolute atomic E-state index is 0.00403. The zero-order chi connectivity index (χ0) is 14.0. The molecule has 0 bridgehead atoms. The van der Waals surface area contributed by atoms with Crippen molar-refractivity contribution in [2.45, 2.75) is 0 Å². The Hall–Kier alpha value is -1.79. The van der Waals surface area contributed by atoms with Gasteiger partial charge < -0.3 is 16.2 Å². The maximum absolute atomic E-state index is 11.0. The maximum atomic E-state index is 11.0. The zero-order valence-electron chi connectivity index (χ0n) is 9.52. The molecule has 0 radical (unpaired) electrons. The highest BCUT2D eigenvalue weighted by molar-refractivity contribution is 9.10. The highest BCUT2D eigenvalue weighted by Crippen LogP contribution is 2.32. The van der Waals surface area contributed by atoms with Crippen molar-refractivity contribution in [3.05, 3.63) is 45.5 Å². The highest BCUT2D eigenvalue weighted by atomic mass is 79.9. The van der Waals surface area contributed by atoms with Crippen LogP contribution in [0.5, 0.6) is 0 Å². The Bertz CT molecular complexity index is 649. The van der Waals surface area contributed by atoms with Gasteiger partial charge in [-0.2, -0.15) is 0 Å². The van der Waals surface area contributed by atoms with E-state index in [1.54, 1.807) is 18.2 Å². The van der Waals surface area contributed by atoms with Gasteiger partial charge in [-0.15, -0.1) is 0 Å². The van der Waals surface area contributed by atoms with Gasteiger partial charge in [0.2, 0.25) is 0 Å². The van der Waals surface area contributed by atoms with Crippen molar-refractivity contribution >= 4 is 50.7 Å². The lowest BCUT2D eigenvalue weighted by molar-refractivity contribution is 0.0698. The van der Waals surface area contributed by atoms with Crippen molar-refractivity contribution in [1.82, 2.24) is 4.98 Å². The first-order valence-corrected chi connectivity index (χ1v) is 6.36. The van der Waals surface area contributed by atoms with Crippen molar-refractivity contribution in [1.29, 1.82) is 0 Å². The minimum Gasteiger partial charge on any atom is -0.478 e. The summed E-state index contributed by atoms with van der Waals surface area (Å²) in [6.45, 7) is 0. The van der Waals surface area contributed by atoms with Crippen LogP contribution in [0.25, 0.3) is 0 Å². The van der Waals surface area contributed by atoms with Gasteiger partial charge in [0.25, 0.3) is 0 Å². The summed E-state index contributed by atoms with van der Waals surface area (Å²) >= 11 is 9.30. The molecule has 0 aliphatic heterocycles. The van der Waals surface area contributed by atoms with E-state index in [0.29, 0.717) is 21.0 Å². The topological polar surface area (TPSA) is 88.2 Å². The number of pyridine rings is 1. The number of aromatic carboxylic acids is 1. The Kier molecular flexibility index (Phi) is 3.92. The summed E-state index contributed by atoms with van der Waals surface area (Å²) in [5, 5.41) is 12.5. The summed E-state index contributed by atoms with van der Waals surface area (Å²) in [6.07, 6.45) is 1.30. The van der Waals surface area contributed by atoms with Crippen molar-refractivity contribution in [3.8, 4) is 0 Å². The van der Waals surface area contributed by atoms with Crippen LogP contribution in [-0.2, 0) is 0 Å². The SMILES string of the molecule is Nc1cnc(Nc2cccc(Cl)c2Br)cc1C(=O)O. The summed E-state index contributed by atoms with van der Waals surface area (Å²) < 4.78 is 0.673. The van der Waals surface area contributed by atoms with Crippen LogP contribution in [0, 0.1) is 0 Å². The molecular weight excluding hydrogens is 334 g/mol. The Labute approximate surface area is 122 Å². The van der Waals surface area contributed by atoms with Crippen molar-refractivity contribution < 1.29 is 9.90 Å². The largest absolute Gasteiger partial charge is 0.478 e. The van der Waals surface area contributed by atoms with Crippen LogP contribution >= 0.6 is 27.5 Å². The van der Waals surface area contributed by atoms with Gasteiger partial charge in [-0.05, 0) is 34.1 Å². The van der Waals surface area contributed by atoms with Gasteiger partial charge in [-0.3, -0.25) is 0 Å². The third kappa shape index (κ3) is 2.97. The monoisotopic (exact) mass is 341 g/mol. The first-order valence-electron chi connectivity index (χ1n) is 5.19. The van der Waals surface area contributed by atoms with E-state index in [2.05, 4.69) is 26.2 Å². The lowest BCUT2D eigenvalue weighted by Gasteiger charge is -2.10. The van der Waals surface area contributed by atoms with Crippen LogP contribution in [-0.4, -0.2) is 16.1 Å². The molecule has 2 rings (SSSR count). The van der Waals surface area contributed by atoms with Gasteiger partial charge >= 0.3 is 5.97 Å². The number of hydrogen-bond donors (Lipinski definition) is 3. The molecule has 4 N–H and O–H groups in total. The fourth-order valence-electron chi connectivity index (χ4n) is 1.46. The predicted octanol–water partition coefficient (Wildman–Crippen LogP) is 3.52. The molecule has 0 aliphatic carbocycles. The number of nitrogens with one attached hydrogen (secondary N) is 1. The second kappa shape index (κ2) is 5.46. The van der Waals surface area contributed by atoms with E-state index >= 15 is 0 Å². The van der Waals surface area contributed by atoms with Crippen LogP contribution in [0.2, 0.25) is 5.02 Å². The minimum atomic E-state index is -1.10. The Balaban J connectivity index is 2.36. The van der Waals surface area contributed by atoms with Crippen LogP contribution in [0.3, 0.4) is 0 Å². The number of carboxylic acid groups (broad SMARTS) is 1. The zero-order valence-corrected chi connectivity index (χ0v) is 11.9. The van der Waals surface area contributed by atoms with E-state index in [1.807, 2.05) is 0 Å². The first kappa shape index (κ1) is 13.6. The fraction of sp³-hybridized carbons (Fsp3) is 0. The number of halogens is 2. The molecule has 0 amide bonds. The molecule has 0 saturated carbocycles. The van der Waals surface area contributed by atoms with Gasteiger partial charge in [-0.1, -0.05) is 17.7 Å². The van der Waals surface area contributed by atoms with Crippen molar-refractivity contribution in [2.24, 2.45) is 0 Å². The van der Waals surface area contributed by atoms with Gasteiger partial charge in [-0.25, -0.2) is 9.78 Å². The number of hydrogen-bond acceptors (Lipinski definition) is 4. The van der Waals surface area contributed by atoms with E-state index in [9.17, 15) is 4.79 Å². The van der Waals surface area contributed by atoms with E-state index in [-0.39, 0.29) is 11.3 Å². The summed E-state index contributed by atoms with van der Waals surface area (Å²) in [4.78, 5) is 15.0. The number of aromatic nitrogens is 1. The molecule has 0 aliphatic rings. The summed E-state index contributed by atoms with van der Waals surface area (Å²) in [5.41, 5.74) is 6.33. The summed E-state index contributed by atoms with van der Waals surface area (Å²) in [6, 6.07) is 6.65. The molecule has 1 aromatic carbocycles. The fourth-order valence-corrected chi connectivity index (χ4v) is 2.00. The van der Waals surface area contributed by atoms with Gasteiger partial charge in [0, 0.05) is 0 Å². The molecule has 0 fully saturated rings. The van der Waals surface area contributed by atoms with Crippen LogP contribution in [0.15, 0.2) is 34.9 Å². The Morgan fingerprint density at radius 1 is 1.47 bits per heavy atom. The van der Waals surface area contributed by atoms with Crippen LogP contribution < -0.4 is 11.1 Å². The Morgan fingerprint density at radius 3 is 2.89 bits per heavy atom. The normalized spacial score (nSPS) is 10.2. The number of nitrogens with two attached hydrogens (primary N) is 1. The van der Waals surface area contributed by atoms with Crippen LogP contribution in [0.4, 0.5) is 17.2 Å². The third-order valence-corrected chi connectivity index (χ3v) is 3.78. The second-order valence-electron chi connectivity index (χ2n) is 3.69. The molecule has 0 saturated heterocycles. The number of nitrogens with zero attached hydrogens (tertiary/aromatic N) is 1. The third-order valence-electron chi connectivity index (χ3n) is 2.38. The second-order valence-corrected chi connectivity index (χ2v) is 4.89. The lowest BCUT2D eigenvalue weighted by Crippen LogP contribution is -2.05. The molecule has 0 spiro atoms. The summed E-state index contributed by atoms with van der Waals surface area (Å²) in [7, 11) is 0. The van der Waals surface area contributed by atoms with E-state index < -0.39 is 5.97 Å². The van der Waals surface area contributed by atoms with E-state index in [1.165, 1.54) is 12.3 Å². The number of carbonyl (C=O) groups is 1. The van der Waals surface area contributed by atoms with Gasteiger partial charge in [0.05, 0.1) is 32.6 Å². The summed E-state index contributed by atoms with van der Waals surface area (Å²) in [5.74, 6) is -0.734. The Morgan fingerprint density at radius 2 is 2.21 bits per heavy atom. The van der Waals surface area contributed by atoms with Gasteiger partial charge in [0.15, 0.2) is 0 Å². The van der Waals surface area contributed by atoms with Crippen molar-refractivity contribution in [3.63, 3.8) is 0 Å². The molecule has 5 nitrogen and oxygen atoms in total. The average Bonchev–Trinajstić information content (AvgIpc) is 2.37. The predicted molar refractivity (Wildman–Crippen MR) is 78.0 cm³/mol. The quantitative estimate of drug-likeness (QED) is 0.794. The van der Waals surface area contributed by atoms with E-state index in [4.69, 9.17) is 22.4 Å². The molecule has 2 aromatic rings. The molecule has 0 unspecified atom stereocenters. The van der Waals surface area contributed by atoms with Crippen molar-refractivity contribution in [2.75, 3.05) is 11.1 Å². The van der Waals surface area contributed by atoms with Crippen LogP contribution in [0.1, 0.15) is 10.4 Å². The standard InChI is InChI=1S/C12H9BrClN3O2/c13-11-7(14)2-1-3-9(11)17-10-4-6(12(18)19)8(15)5-16-10/h1-5H,15H2,(H,16,17)(H,18,19). The molecule has 19 heavy (non-hydrogen) atoms. The molecule has 98 valence electrons. The maximum Gasteiger partial charge on any atom is 0.337 e. The molecule has 7 heteroatoms. The average molecular weight is 343 g/mol. The number of anilines is 3. The first-order chi connectivity index (χ1) is 8.99. The molecule has 1 aromatic heterocycles. The highest BCUT2D eigenvalue weighted by Gasteiger charge is 2.11. The van der Waals surface area contributed by atoms with E-state index in [0.717, 1.165) is 0 Å². The number of nitrogen functional groups attached to an aromatic ring is 1. The number of carboxylic acids is 1. The smallest absolute Gasteiger partial charge is 0.337 e. The number of rotatable bonds is 3. The lowest BCUT2D eigenvalue weighted by atomic mass is 10.2. The number of benzene rings is 1.